The van der Waals surface area contributed by atoms with E-state index in [1.165, 1.54) is 16.8 Å². The van der Waals surface area contributed by atoms with Crippen LogP contribution in [0.2, 0.25) is 0 Å². The third kappa shape index (κ3) is 2.87. The summed E-state index contributed by atoms with van der Waals surface area (Å²) in [5.74, 6) is 0. The minimum Gasteiger partial charge on any atom is -0.387 e. The average Bonchev–Trinajstić information content (AvgIpc) is 3.09. The van der Waals surface area contributed by atoms with Gasteiger partial charge < -0.3 is 15.3 Å². The molecule has 0 radical (unpaired) electrons. The molecule has 0 saturated heterocycles. The lowest BCUT2D eigenvalue weighted by Crippen LogP contribution is -2.20. The first-order chi connectivity index (χ1) is 9.74. The van der Waals surface area contributed by atoms with Crippen molar-refractivity contribution < 1.29 is 5.11 Å². The van der Waals surface area contributed by atoms with Crippen LogP contribution in [-0.2, 0) is 13.0 Å². The Hall–Kier alpha value is -1.36. The maximum atomic E-state index is 10.0. The predicted octanol–water partition coefficient (Wildman–Crippen LogP) is 2.56. The van der Waals surface area contributed by atoms with Gasteiger partial charge in [0.2, 0.25) is 0 Å². The van der Waals surface area contributed by atoms with E-state index in [9.17, 15) is 5.11 Å². The minimum absolute atomic E-state index is 0.415. The van der Waals surface area contributed by atoms with Gasteiger partial charge in [-0.3, -0.25) is 0 Å². The Morgan fingerprint density at radius 3 is 3.10 bits per heavy atom. The van der Waals surface area contributed by atoms with Gasteiger partial charge in [-0.15, -0.1) is 0 Å². The summed E-state index contributed by atoms with van der Waals surface area (Å²) in [5, 5.41) is 17.3. The van der Waals surface area contributed by atoms with Crippen molar-refractivity contribution in [2.24, 2.45) is 0 Å². The number of fused-ring (bicyclic) bond motifs is 1. The molecule has 1 unspecified atom stereocenters. The van der Waals surface area contributed by atoms with E-state index >= 15 is 0 Å². The van der Waals surface area contributed by atoms with Crippen molar-refractivity contribution >= 4 is 17.0 Å². The number of rotatable bonds is 5. The van der Waals surface area contributed by atoms with E-state index in [1.54, 1.807) is 11.3 Å². The van der Waals surface area contributed by atoms with E-state index < -0.39 is 6.10 Å². The summed E-state index contributed by atoms with van der Waals surface area (Å²) in [7, 11) is 2.14. The highest BCUT2D eigenvalue weighted by atomic mass is 32.1. The van der Waals surface area contributed by atoms with Crippen LogP contribution in [0, 0.1) is 0 Å². The Morgan fingerprint density at radius 2 is 2.30 bits per heavy atom. The number of likely N-dealkylation sites (N-methyl/N-ethyl adjacent to an activating group) is 1. The normalized spacial score (nSPS) is 15.4. The summed E-state index contributed by atoms with van der Waals surface area (Å²) in [6.45, 7) is 2.51. The standard InChI is InChI=1S/C16H20N2OS/c1-18-6-4-13-8-12(2-3-15(13)18)9-17-10-16(19)14-5-7-20-11-14/h2-3,5,7-8,11,16-17,19H,4,6,9-10H2,1H3. The fraction of sp³-hybridized carbons (Fsp3) is 0.375. The largest absolute Gasteiger partial charge is 0.387 e. The van der Waals surface area contributed by atoms with Gasteiger partial charge in [-0.05, 0) is 46.0 Å². The van der Waals surface area contributed by atoms with Crippen LogP contribution >= 0.6 is 11.3 Å². The van der Waals surface area contributed by atoms with Crippen LogP contribution in [0.5, 0.6) is 0 Å². The van der Waals surface area contributed by atoms with Crippen LogP contribution in [-0.4, -0.2) is 25.2 Å². The van der Waals surface area contributed by atoms with E-state index in [0.717, 1.165) is 25.1 Å². The van der Waals surface area contributed by atoms with Crippen molar-refractivity contribution in [3.8, 4) is 0 Å². The number of nitrogens with one attached hydrogen (secondary N) is 1. The second kappa shape index (κ2) is 5.95. The topological polar surface area (TPSA) is 35.5 Å². The number of thiophene rings is 1. The van der Waals surface area contributed by atoms with Crippen molar-refractivity contribution in [2.75, 3.05) is 25.0 Å². The van der Waals surface area contributed by atoms with Gasteiger partial charge in [0.15, 0.2) is 0 Å². The number of anilines is 1. The van der Waals surface area contributed by atoms with Crippen molar-refractivity contribution in [1.29, 1.82) is 0 Å². The average molecular weight is 288 g/mol. The molecule has 1 aliphatic heterocycles. The highest BCUT2D eigenvalue weighted by Crippen LogP contribution is 2.27. The zero-order chi connectivity index (χ0) is 13.9. The molecule has 3 nitrogen and oxygen atoms in total. The molecule has 106 valence electrons. The predicted molar refractivity (Wildman–Crippen MR) is 84.4 cm³/mol. The molecule has 4 heteroatoms. The maximum absolute atomic E-state index is 10.0. The lowest BCUT2D eigenvalue weighted by Gasteiger charge is -2.13. The summed E-state index contributed by atoms with van der Waals surface area (Å²) in [5.41, 5.74) is 5.08. The molecule has 0 bridgehead atoms. The maximum Gasteiger partial charge on any atom is 0.0922 e. The van der Waals surface area contributed by atoms with Gasteiger partial charge in [0.05, 0.1) is 6.10 Å². The molecule has 1 aromatic carbocycles. The molecule has 1 aromatic heterocycles. The molecular formula is C16H20N2OS. The molecule has 1 aliphatic rings. The van der Waals surface area contributed by atoms with Crippen LogP contribution < -0.4 is 10.2 Å². The molecule has 1 atom stereocenters. The molecule has 0 amide bonds. The Labute approximate surface area is 123 Å². The Kier molecular flexibility index (Phi) is 4.05. The monoisotopic (exact) mass is 288 g/mol. The third-order valence-corrected chi connectivity index (χ3v) is 4.57. The lowest BCUT2D eigenvalue weighted by atomic mass is 10.1. The summed E-state index contributed by atoms with van der Waals surface area (Å²) < 4.78 is 0. The smallest absolute Gasteiger partial charge is 0.0922 e. The Balaban J connectivity index is 1.54. The van der Waals surface area contributed by atoms with Gasteiger partial charge in [0.25, 0.3) is 0 Å². The summed E-state index contributed by atoms with van der Waals surface area (Å²) >= 11 is 1.62. The summed E-state index contributed by atoms with van der Waals surface area (Å²) in [6, 6.07) is 8.63. The van der Waals surface area contributed by atoms with Gasteiger partial charge in [-0.25, -0.2) is 0 Å². The fourth-order valence-electron chi connectivity index (χ4n) is 2.67. The number of hydrogen-bond donors (Lipinski definition) is 2. The summed E-state index contributed by atoms with van der Waals surface area (Å²) in [4.78, 5) is 2.30. The Bertz CT molecular complexity index is 568. The van der Waals surface area contributed by atoms with Crippen molar-refractivity contribution in [3.05, 3.63) is 51.7 Å². The van der Waals surface area contributed by atoms with Gasteiger partial charge in [-0.1, -0.05) is 12.1 Å². The van der Waals surface area contributed by atoms with Gasteiger partial charge in [-0.2, -0.15) is 11.3 Å². The Morgan fingerprint density at radius 1 is 1.40 bits per heavy atom. The first-order valence-corrected chi connectivity index (χ1v) is 7.92. The first-order valence-electron chi connectivity index (χ1n) is 6.98. The van der Waals surface area contributed by atoms with E-state index in [1.807, 2.05) is 16.8 Å². The molecule has 2 aromatic rings. The highest BCUT2D eigenvalue weighted by molar-refractivity contribution is 7.07. The van der Waals surface area contributed by atoms with E-state index in [4.69, 9.17) is 0 Å². The molecular weight excluding hydrogens is 268 g/mol. The molecule has 2 N–H and O–H groups in total. The van der Waals surface area contributed by atoms with Crippen LogP contribution in [0.4, 0.5) is 5.69 Å². The van der Waals surface area contributed by atoms with Crippen molar-refractivity contribution in [3.63, 3.8) is 0 Å². The number of benzene rings is 1. The number of hydrogen-bond acceptors (Lipinski definition) is 4. The highest BCUT2D eigenvalue weighted by Gasteiger charge is 2.15. The fourth-order valence-corrected chi connectivity index (χ4v) is 3.37. The van der Waals surface area contributed by atoms with Crippen LogP contribution in [0.3, 0.4) is 0 Å². The van der Waals surface area contributed by atoms with Crippen molar-refractivity contribution in [2.45, 2.75) is 19.1 Å². The molecule has 2 heterocycles. The van der Waals surface area contributed by atoms with Gasteiger partial charge in [0, 0.05) is 32.4 Å². The lowest BCUT2D eigenvalue weighted by molar-refractivity contribution is 0.175. The SMILES string of the molecule is CN1CCc2cc(CNCC(O)c3ccsc3)ccc21. The zero-order valence-corrected chi connectivity index (χ0v) is 12.5. The summed E-state index contributed by atoms with van der Waals surface area (Å²) in [6.07, 6.45) is 0.721. The van der Waals surface area contributed by atoms with E-state index in [2.05, 4.69) is 35.5 Å². The molecule has 0 fully saturated rings. The first kappa shape index (κ1) is 13.6. The second-order valence-corrected chi connectivity index (χ2v) is 6.12. The van der Waals surface area contributed by atoms with Crippen LogP contribution in [0.1, 0.15) is 22.8 Å². The van der Waals surface area contributed by atoms with Gasteiger partial charge in [0.1, 0.15) is 0 Å². The van der Waals surface area contributed by atoms with Crippen LogP contribution in [0.15, 0.2) is 35.0 Å². The number of aliphatic hydroxyl groups is 1. The van der Waals surface area contributed by atoms with E-state index in [-0.39, 0.29) is 0 Å². The molecule has 0 saturated carbocycles. The number of aliphatic hydroxyl groups excluding tert-OH is 1. The zero-order valence-electron chi connectivity index (χ0n) is 11.7. The van der Waals surface area contributed by atoms with Crippen molar-refractivity contribution in [1.82, 2.24) is 5.32 Å². The number of nitrogens with zero attached hydrogens (tertiary/aromatic N) is 1. The quantitative estimate of drug-likeness (QED) is 0.887. The minimum atomic E-state index is -0.415. The second-order valence-electron chi connectivity index (χ2n) is 5.34. The molecule has 0 aliphatic carbocycles. The molecule has 0 spiro atoms. The van der Waals surface area contributed by atoms with Gasteiger partial charge >= 0.3 is 0 Å². The van der Waals surface area contributed by atoms with E-state index in [0.29, 0.717) is 6.54 Å². The third-order valence-electron chi connectivity index (χ3n) is 3.87. The van der Waals surface area contributed by atoms with Crippen LogP contribution in [0.25, 0.3) is 0 Å². The molecule has 20 heavy (non-hydrogen) atoms. The molecule has 3 rings (SSSR count).